The number of anilines is 1. The van der Waals surface area contributed by atoms with E-state index in [1.54, 1.807) is 17.4 Å². The molecule has 30 heavy (non-hydrogen) atoms. The summed E-state index contributed by atoms with van der Waals surface area (Å²) in [6.07, 6.45) is 3.13. The van der Waals surface area contributed by atoms with E-state index in [-0.39, 0.29) is 5.75 Å². The Balaban J connectivity index is 1.50. The normalized spacial score (nSPS) is 15.8. The van der Waals surface area contributed by atoms with Crippen molar-refractivity contribution in [2.75, 3.05) is 37.3 Å². The number of phenols is 1. The lowest BCUT2D eigenvalue weighted by Crippen LogP contribution is -2.48. The summed E-state index contributed by atoms with van der Waals surface area (Å²) in [6.45, 7) is 2.30. The van der Waals surface area contributed by atoms with Gasteiger partial charge in [-0.05, 0) is 41.3 Å². The maximum Gasteiger partial charge on any atom is 0.211 e. The fourth-order valence-corrected chi connectivity index (χ4v) is 5.71. The van der Waals surface area contributed by atoms with Gasteiger partial charge >= 0.3 is 0 Å². The summed E-state index contributed by atoms with van der Waals surface area (Å²) in [5, 5.41) is 14.8. The molecule has 6 nitrogen and oxygen atoms in total. The molecule has 2 aromatic carbocycles. The number of thiophene rings is 1. The standard InChI is InChI=1S/C22H21N3O3S2/c1-30(27,28)25-11-9-24(10-12-25)16-4-2-15(3-5-16)21-19(26)7-6-18-22(21)17-8-13-29-20(17)14-23-18/h2-8,13-14,26H,9-12H2,1H3. The Hall–Kier alpha value is -2.68. The van der Waals surface area contributed by atoms with Gasteiger partial charge in [-0.2, -0.15) is 4.31 Å². The number of rotatable bonds is 3. The number of sulfonamides is 1. The van der Waals surface area contributed by atoms with Gasteiger partial charge in [0.2, 0.25) is 10.0 Å². The molecule has 0 bridgehead atoms. The third-order valence-corrected chi connectivity index (χ3v) is 7.83. The first-order chi connectivity index (χ1) is 14.4. The number of pyridine rings is 1. The van der Waals surface area contributed by atoms with E-state index in [1.807, 2.05) is 41.9 Å². The van der Waals surface area contributed by atoms with Crippen LogP contribution in [0.4, 0.5) is 5.69 Å². The summed E-state index contributed by atoms with van der Waals surface area (Å²) in [7, 11) is -3.14. The van der Waals surface area contributed by atoms with Gasteiger partial charge in [0.25, 0.3) is 0 Å². The zero-order valence-electron chi connectivity index (χ0n) is 16.4. The number of aromatic hydroxyl groups is 1. The topological polar surface area (TPSA) is 73.7 Å². The van der Waals surface area contributed by atoms with Crippen LogP contribution in [-0.4, -0.2) is 55.2 Å². The lowest BCUT2D eigenvalue weighted by Gasteiger charge is -2.34. The van der Waals surface area contributed by atoms with Crippen LogP contribution in [0.15, 0.2) is 54.0 Å². The van der Waals surface area contributed by atoms with Crippen molar-refractivity contribution in [2.24, 2.45) is 0 Å². The number of phenolic OH excluding ortho intramolecular Hbond substituents is 1. The Morgan fingerprint density at radius 2 is 1.73 bits per heavy atom. The zero-order valence-corrected chi connectivity index (χ0v) is 18.1. The summed E-state index contributed by atoms with van der Waals surface area (Å²) in [5.41, 5.74) is 3.62. The molecule has 1 aliphatic rings. The highest BCUT2D eigenvalue weighted by molar-refractivity contribution is 7.88. The van der Waals surface area contributed by atoms with Crippen molar-refractivity contribution in [3.05, 3.63) is 54.0 Å². The van der Waals surface area contributed by atoms with Gasteiger partial charge in [-0.3, -0.25) is 4.98 Å². The Bertz CT molecular complexity index is 1340. The van der Waals surface area contributed by atoms with E-state index in [2.05, 4.69) is 16.0 Å². The van der Waals surface area contributed by atoms with E-state index < -0.39 is 10.0 Å². The van der Waals surface area contributed by atoms with Gasteiger partial charge in [-0.15, -0.1) is 11.3 Å². The molecule has 4 aromatic rings. The van der Waals surface area contributed by atoms with Crippen molar-refractivity contribution in [3.8, 4) is 16.9 Å². The Labute approximate surface area is 179 Å². The first-order valence-corrected chi connectivity index (χ1v) is 12.4. The molecule has 1 fully saturated rings. The van der Waals surface area contributed by atoms with Crippen LogP contribution in [0, 0.1) is 0 Å². The minimum absolute atomic E-state index is 0.234. The van der Waals surface area contributed by atoms with E-state index in [0.717, 1.165) is 37.8 Å². The lowest BCUT2D eigenvalue weighted by molar-refractivity contribution is 0.388. The van der Waals surface area contributed by atoms with Crippen LogP contribution in [0.5, 0.6) is 5.75 Å². The molecule has 154 valence electrons. The van der Waals surface area contributed by atoms with Crippen molar-refractivity contribution in [2.45, 2.75) is 0 Å². The van der Waals surface area contributed by atoms with Gasteiger partial charge in [-0.25, -0.2) is 8.42 Å². The fourth-order valence-electron chi connectivity index (χ4n) is 4.13. The first-order valence-electron chi connectivity index (χ1n) is 9.70. The average molecular weight is 440 g/mol. The maximum atomic E-state index is 11.7. The summed E-state index contributed by atoms with van der Waals surface area (Å²) in [6, 6.07) is 13.7. The maximum absolute atomic E-state index is 11.7. The van der Waals surface area contributed by atoms with Crippen LogP contribution in [0.3, 0.4) is 0 Å². The van der Waals surface area contributed by atoms with Crippen LogP contribution in [0.25, 0.3) is 32.1 Å². The van der Waals surface area contributed by atoms with Gasteiger partial charge in [0, 0.05) is 54.4 Å². The number of aromatic nitrogens is 1. The molecule has 5 rings (SSSR count). The van der Waals surface area contributed by atoms with Crippen LogP contribution < -0.4 is 4.90 Å². The van der Waals surface area contributed by atoms with Crippen molar-refractivity contribution in [1.82, 2.24) is 9.29 Å². The zero-order chi connectivity index (χ0) is 20.9. The summed E-state index contributed by atoms with van der Waals surface area (Å²) in [5.74, 6) is 0.234. The molecule has 1 aliphatic heterocycles. The van der Waals surface area contributed by atoms with Gasteiger partial charge in [0.15, 0.2) is 0 Å². The van der Waals surface area contributed by atoms with E-state index >= 15 is 0 Å². The van der Waals surface area contributed by atoms with Crippen molar-refractivity contribution >= 4 is 48.0 Å². The minimum atomic E-state index is -3.14. The number of fused-ring (bicyclic) bond motifs is 3. The minimum Gasteiger partial charge on any atom is -0.507 e. The summed E-state index contributed by atoms with van der Waals surface area (Å²) < 4.78 is 26.1. The molecule has 1 saturated heterocycles. The molecule has 2 aromatic heterocycles. The summed E-state index contributed by atoms with van der Waals surface area (Å²) in [4.78, 5) is 6.75. The molecule has 0 aliphatic carbocycles. The quantitative estimate of drug-likeness (QED) is 0.524. The third-order valence-electron chi connectivity index (χ3n) is 5.68. The largest absolute Gasteiger partial charge is 0.507 e. The Morgan fingerprint density at radius 3 is 2.43 bits per heavy atom. The smallest absolute Gasteiger partial charge is 0.211 e. The summed E-state index contributed by atoms with van der Waals surface area (Å²) >= 11 is 1.64. The number of hydrogen-bond donors (Lipinski definition) is 1. The van der Waals surface area contributed by atoms with Gasteiger partial charge < -0.3 is 10.0 Å². The van der Waals surface area contributed by atoms with Crippen LogP contribution in [0.1, 0.15) is 0 Å². The molecular weight excluding hydrogens is 418 g/mol. The predicted molar refractivity (Wildman–Crippen MR) is 123 cm³/mol. The average Bonchev–Trinajstić information content (AvgIpc) is 3.22. The molecular formula is C22H21N3O3S2. The second kappa shape index (κ2) is 7.23. The van der Waals surface area contributed by atoms with Crippen molar-refractivity contribution < 1.29 is 13.5 Å². The van der Waals surface area contributed by atoms with Gasteiger partial charge in [0.05, 0.1) is 16.5 Å². The van der Waals surface area contributed by atoms with E-state index in [1.165, 1.54) is 10.6 Å². The number of benzene rings is 2. The molecule has 0 spiro atoms. The van der Waals surface area contributed by atoms with Crippen LogP contribution >= 0.6 is 11.3 Å². The first kappa shape index (κ1) is 19.3. The monoisotopic (exact) mass is 439 g/mol. The highest BCUT2D eigenvalue weighted by Crippen LogP contribution is 2.40. The van der Waals surface area contributed by atoms with Crippen molar-refractivity contribution in [3.63, 3.8) is 0 Å². The molecule has 0 atom stereocenters. The van der Waals surface area contributed by atoms with E-state index in [4.69, 9.17) is 0 Å². The van der Waals surface area contributed by atoms with Crippen LogP contribution in [0.2, 0.25) is 0 Å². The van der Waals surface area contributed by atoms with Gasteiger partial charge in [-0.1, -0.05) is 12.1 Å². The van der Waals surface area contributed by atoms with E-state index in [9.17, 15) is 13.5 Å². The third kappa shape index (κ3) is 3.30. The van der Waals surface area contributed by atoms with E-state index in [0.29, 0.717) is 26.2 Å². The predicted octanol–water partition coefficient (Wildman–Crippen LogP) is 3.90. The number of hydrogen-bond acceptors (Lipinski definition) is 6. The molecule has 8 heteroatoms. The molecule has 1 N–H and O–H groups in total. The Morgan fingerprint density at radius 1 is 1.00 bits per heavy atom. The molecule has 0 saturated carbocycles. The van der Waals surface area contributed by atoms with Crippen LogP contribution in [-0.2, 0) is 10.0 Å². The lowest BCUT2D eigenvalue weighted by atomic mass is 9.97. The SMILES string of the molecule is CS(=O)(=O)N1CCN(c2ccc(-c3c(O)ccc4ncc5sccc5c34)cc2)CC1. The highest BCUT2D eigenvalue weighted by Gasteiger charge is 2.23. The second-order valence-corrected chi connectivity index (χ2v) is 10.4. The highest BCUT2D eigenvalue weighted by atomic mass is 32.2. The number of nitrogens with zero attached hydrogens (tertiary/aromatic N) is 3. The molecule has 0 unspecified atom stereocenters. The second-order valence-electron chi connectivity index (χ2n) is 7.51. The molecule has 0 amide bonds. The van der Waals surface area contributed by atoms with Crippen molar-refractivity contribution in [1.29, 1.82) is 0 Å². The molecule has 3 heterocycles. The number of piperazine rings is 1. The van der Waals surface area contributed by atoms with Gasteiger partial charge in [0.1, 0.15) is 5.75 Å². The Kier molecular flexibility index (Phi) is 4.65. The molecule has 0 radical (unpaired) electrons. The fraction of sp³-hybridized carbons (Fsp3) is 0.227.